The van der Waals surface area contributed by atoms with Gasteiger partial charge in [0.15, 0.2) is 0 Å². The van der Waals surface area contributed by atoms with E-state index in [0.29, 0.717) is 0 Å². The Bertz CT molecular complexity index is 633. The number of carboxylic acids is 1. The normalized spacial score (nSPS) is 18.0. The van der Waals surface area contributed by atoms with Crippen LogP contribution in [0.4, 0.5) is 10.1 Å². The molecule has 0 bridgehead atoms. The first-order valence-corrected chi connectivity index (χ1v) is 6.75. The molecule has 0 radical (unpaired) electrons. The van der Waals surface area contributed by atoms with Crippen LogP contribution in [-0.4, -0.2) is 36.6 Å². The highest BCUT2D eigenvalue weighted by atomic mass is 79.9. The summed E-state index contributed by atoms with van der Waals surface area (Å²) in [7, 11) is 1.16. The lowest BCUT2D eigenvalue weighted by atomic mass is 10.1. The zero-order valence-electron chi connectivity index (χ0n) is 10.9. The lowest BCUT2D eigenvalue weighted by Gasteiger charge is -2.19. The zero-order valence-corrected chi connectivity index (χ0v) is 12.5. The molecular weight excluding hydrogens is 349 g/mol. The Hall–Kier alpha value is -1.96. The van der Waals surface area contributed by atoms with Crippen molar-refractivity contribution in [1.29, 1.82) is 0 Å². The lowest BCUT2D eigenvalue weighted by molar-refractivity contribution is -0.141. The van der Waals surface area contributed by atoms with Crippen molar-refractivity contribution >= 4 is 39.5 Å². The van der Waals surface area contributed by atoms with E-state index in [0.717, 1.165) is 18.1 Å². The van der Waals surface area contributed by atoms with Gasteiger partial charge in [-0.05, 0) is 28.1 Å². The molecule has 6 nitrogen and oxygen atoms in total. The van der Waals surface area contributed by atoms with Gasteiger partial charge in [0, 0.05) is 13.0 Å². The van der Waals surface area contributed by atoms with Crippen molar-refractivity contribution in [3.05, 3.63) is 28.0 Å². The smallest absolute Gasteiger partial charge is 0.340 e. The molecule has 1 heterocycles. The number of ether oxygens (including phenoxy) is 1. The lowest BCUT2D eigenvalue weighted by Crippen LogP contribution is -2.28. The van der Waals surface area contributed by atoms with Gasteiger partial charge < -0.3 is 14.7 Å². The monoisotopic (exact) mass is 359 g/mol. The second-order valence-electron chi connectivity index (χ2n) is 4.52. The number of benzene rings is 1. The van der Waals surface area contributed by atoms with Gasteiger partial charge in [0.2, 0.25) is 5.91 Å². The van der Waals surface area contributed by atoms with E-state index in [-0.39, 0.29) is 28.7 Å². The Kier molecular flexibility index (Phi) is 4.26. The summed E-state index contributed by atoms with van der Waals surface area (Å²) in [6.45, 7) is -0.112. The number of methoxy groups -OCH3 is 1. The molecule has 8 heteroatoms. The zero-order chi connectivity index (χ0) is 15.7. The number of carbonyl (C=O) groups is 3. The SMILES string of the molecule is COC(=O)c1cc(Br)c(F)cc1N1CC(C(=O)O)CC1=O. The van der Waals surface area contributed by atoms with Gasteiger partial charge in [-0.2, -0.15) is 0 Å². The molecule has 1 aliphatic heterocycles. The molecule has 1 amide bonds. The molecule has 21 heavy (non-hydrogen) atoms. The standard InChI is InChI=1S/C13H11BrFNO5/c1-21-13(20)7-3-8(14)9(15)4-10(7)16-5-6(12(18)19)2-11(16)17/h3-4,6H,2,5H2,1H3,(H,18,19). The van der Waals surface area contributed by atoms with Gasteiger partial charge in [-0.25, -0.2) is 9.18 Å². The van der Waals surface area contributed by atoms with Crippen LogP contribution in [0, 0.1) is 11.7 Å². The third kappa shape index (κ3) is 2.90. The Morgan fingerprint density at radius 3 is 2.67 bits per heavy atom. The van der Waals surface area contributed by atoms with Crippen molar-refractivity contribution in [2.45, 2.75) is 6.42 Å². The Morgan fingerprint density at radius 1 is 1.48 bits per heavy atom. The summed E-state index contributed by atoms with van der Waals surface area (Å²) in [5, 5.41) is 8.97. The molecule has 1 aliphatic rings. The fraction of sp³-hybridized carbons (Fsp3) is 0.308. The fourth-order valence-corrected chi connectivity index (χ4v) is 2.48. The molecule has 112 valence electrons. The number of rotatable bonds is 3. The largest absolute Gasteiger partial charge is 0.481 e. The molecule has 0 aliphatic carbocycles. The molecule has 1 atom stereocenters. The molecule has 2 rings (SSSR count). The van der Waals surface area contributed by atoms with E-state index in [4.69, 9.17) is 5.11 Å². The van der Waals surface area contributed by atoms with Crippen LogP contribution in [0.5, 0.6) is 0 Å². The Labute approximate surface area is 127 Å². The molecule has 1 aromatic rings. The molecule has 0 saturated carbocycles. The minimum absolute atomic E-state index is 0.00911. The minimum atomic E-state index is -1.11. The fourth-order valence-electron chi connectivity index (χ4n) is 2.14. The van der Waals surface area contributed by atoms with E-state index in [1.165, 1.54) is 6.07 Å². The highest BCUT2D eigenvalue weighted by molar-refractivity contribution is 9.10. The Balaban J connectivity index is 2.48. The summed E-state index contributed by atoms with van der Waals surface area (Å²) in [5.41, 5.74) is 0.00136. The number of hydrogen-bond donors (Lipinski definition) is 1. The first kappa shape index (κ1) is 15.4. The number of carbonyl (C=O) groups excluding carboxylic acids is 2. The Morgan fingerprint density at radius 2 is 2.14 bits per heavy atom. The number of esters is 1. The van der Waals surface area contributed by atoms with Gasteiger partial charge in [0.1, 0.15) is 5.82 Å². The van der Waals surface area contributed by atoms with E-state index in [1.807, 2.05) is 0 Å². The molecule has 1 N–H and O–H groups in total. The van der Waals surface area contributed by atoms with Gasteiger partial charge >= 0.3 is 11.9 Å². The maximum absolute atomic E-state index is 13.7. The maximum Gasteiger partial charge on any atom is 0.340 e. The number of nitrogens with zero attached hydrogens (tertiary/aromatic N) is 1. The van der Waals surface area contributed by atoms with Crippen LogP contribution in [0.3, 0.4) is 0 Å². The molecule has 1 unspecified atom stereocenters. The van der Waals surface area contributed by atoms with Gasteiger partial charge in [-0.1, -0.05) is 0 Å². The summed E-state index contributed by atoms with van der Waals surface area (Å²) in [4.78, 5) is 35.7. The predicted molar refractivity (Wildman–Crippen MR) is 73.5 cm³/mol. The number of aliphatic carboxylic acids is 1. The molecule has 0 spiro atoms. The van der Waals surface area contributed by atoms with Crippen molar-refractivity contribution in [1.82, 2.24) is 0 Å². The maximum atomic E-state index is 13.7. The third-order valence-electron chi connectivity index (χ3n) is 3.21. The van der Waals surface area contributed by atoms with Crippen LogP contribution in [-0.2, 0) is 14.3 Å². The highest BCUT2D eigenvalue weighted by Crippen LogP contribution is 2.32. The summed E-state index contributed by atoms with van der Waals surface area (Å²) in [6, 6.07) is 2.22. The number of hydrogen-bond acceptors (Lipinski definition) is 4. The van der Waals surface area contributed by atoms with Crippen molar-refractivity contribution in [2.75, 3.05) is 18.6 Å². The van der Waals surface area contributed by atoms with Crippen molar-refractivity contribution in [2.24, 2.45) is 5.92 Å². The first-order chi connectivity index (χ1) is 9.85. The first-order valence-electron chi connectivity index (χ1n) is 5.95. The molecule has 1 aromatic carbocycles. The van der Waals surface area contributed by atoms with Crippen LogP contribution in [0.25, 0.3) is 0 Å². The average molecular weight is 360 g/mol. The van der Waals surface area contributed by atoms with Crippen LogP contribution < -0.4 is 4.90 Å². The van der Waals surface area contributed by atoms with E-state index < -0.39 is 29.6 Å². The number of amides is 1. The molecular formula is C13H11BrFNO5. The molecule has 1 fully saturated rings. The van der Waals surface area contributed by atoms with E-state index in [1.54, 1.807) is 0 Å². The van der Waals surface area contributed by atoms with Crippen molar-refractivity contribution < 1.29 is 28.6 Å². The number of carboxylic acid groups (broad SMARTS) is 1. The van der Waals surface area contributed by atoms with Crippen molar-refractivity contribution in [3.8, 4) is 0 Å². The molecule has 0 aromatic heterocycles. The van der Waals surface area contributed by atoms with E-state index >= 15 is 0 Å². The van der Waals surface area contributed by atoms with Gasteiger partial charge in [-0.15, -0.1) is 0 Å². The van der Waals surface area contributed by atoms with Gasteiger partial charge in [-0.3, -0.25) is 9.59 Å². The van der Waals surface area contributed by atoms with E-state index in [9.17, 15) is 18.8 Å². The predicted octanol–water partition coefficient (Wildman–Crippen LogP) is 1.81. The van der Waals surface area contributed by atoms with E-state index in [2.05, 4.69) is 20.7 Å². The summed E-state index contributed by atoms with van der Waals surface area (Å²) < 4.78 is 18.4. The van der Waals surface area contributed by atoms with Gasteiger partial charge in [0.05, 0.1) is 28.8 Å². The minimum Gasteiger partial charge on any atom is -0.481 e. The molecule has 1 saturated heterocycles. The quantitative estimate of drug-likeness (QED) is 0.832. The highest BCUT2D eigenvalue weighted by Gasteiger charge is 2.37. The van der Waals surface area contributed by atoms with Crippen LogP contribution >= 0.6 is 15.9 Å². The summed E-state index contributed by atoms with van der Waals surface area (Å²) >= 11 is 2.96. The van der Waals surface area contributed by atoms with Crippen LogP contribution in [0.2, 0.25) is 0 Å². The second-order valence-corrected chi connectivity index (χ2v) is 5.37. The topological polar surface area (TPSA) is 83.9 Å². The number of anilines is 1. The van der Waals surface area contributed by atoms with Crippen molar-refractivity contribution in [3.63, 3.8) is 0 Å². The number of halogens is 2. The van der Waals surface area contributed by atoms with Gasteiger partial charge in [0.25, 0.3) is 0 Å². The summed E-state index contributed by atoms with van der Waals surface area (Å²) in [5.74, 6) is -3.87. The summed E-state index contributed by atoms with van der Waals surface area (Å²) in [6.07, 6.45) is -0.187. The van der Waals surface area contributed by atoms with Crippen LogP contribution in [0.15, 0.2) is 16.6 Å². The third-order valence-corrected chi connectivity index (χ3v) is 3.82. The average Bonchev–Trinajstić information content (AvgIpc) is 2.82. The van der Waals surface area contributed by atoms with Crippen LogP contribution in [0.1, 0.15) is 16.8 Å². The second kappa shape index (κ2) is 5.80.